The predicted molar refractivity (Wildman–Crippen MR) is 272 cm³/mol. The van der Waals surface area contributed by atoms with Gasteiger partial charge in [0.05, 0.1) is 45.1 Å². The predicted octanol–water partition coefficient (Wildman–Crippen LogP) is 16.0. The van der Waals surface area contributed by atoms with Crippen LogP contribution in [0.5, 0.6) is 0 Å². The summed E-state index contributed by atoms with van der Waals surface area (Å²) in [4.78, 5) is 0. The van der Waals surface area contributed by atoms with E-state index in [0.717, 1.165) is 111 Å². The maximum atomic E-state index is 11.7. The van der Waals surface area contributed by atoms with Crippen LogP contribution in [0.2, 0.25) is 0 Å². The van der Waals surface area contributed by atoms with E-state index in [4.69, 9.17) is 0 Å². The van der Waals surface area contributed by atoms with E-state index >= 15 is 0 Å². The van der Waals surface area contributed by atoms with Gasteiger partial charge in [-0.15, -0.1) is 0 Å². The number of nitrogens with zero attached hydrogens (tertiary/aromatic N) is 4. The number of fused-ring (bicyclic) bond motifs is 6. The van der Waals surface area contributed by atoms with Crippen molar-refractivity contribution in [2.24, 2.45) is 0 Å². The second-order valence-electron chi connectivity index (χ2n) is 16.7. The highest BCUT2D eigenvalue weighted by molar-refractivity contribution is 6.14. The van der Waals surface area contributed by atoms with E-state index in [2.05, 4.69) is 203 Å². The minimum Gasteiger partial charge on any atom is -0.308 e. The van der Waals surface area contributed by atoms with E-state index in [1.54, 1.807) is 0 Å². The van der Waals surface area contributed by atoms with E-state index in [1.165, 1.54) is 0 Å². The summed E-state index contributed by atoms with van der Waals surface area (Å²) in [6, 6.07) is 85.6. The van der Waals surface area contributed by atoms with Crippen molar-refractivity contribution in [2.45, 2.75) is 0 Å². The van der Waals surface area contributed by atoms with Gasteiger partial charge in [-0.3, -0.25) is 0 Å². The molecule has 2 aromatic heterocycles. The summed E-state index contributed by atoms with van der Waals surface area (Å²) in [7, 11) is 0. The molecule has 0 saturated heterocycles. The number of hydrogen-bond acceptors (Lipinski definition) is 2. The molecule has 0 saturated carbocycles. The third kappa shape index (κ3) is 6.36. The second kappa shape index (κ2) is 15.8. The normalized spacial score (nSPS) is 11.3. The Bertz CT molecular complexity index is 3510. The Labute approximate surface area is 382 Å². The Morgan fingerprint density at radius 2 is 0.591 bits per heavy atom. The van der Waals surface area contributed by atoms with Crippen molar-refractivity contribution in [1.29, 1.82) is 10.5 Å². The van der Waals surface area contributed by atoms with Crippen LogP contribution in [0.25, 0.3) is 111 Å². The first-order chi connectivity index (χ1) is 32.6. The SMILES string of the molecule is N#Cc1ccccc1-c1cc(-n2c3ccc(-c4ccccc4)cc3c3cc(-c4ccccc4)ccc32)c(C#N)c(-n2c3ccc(-c4ccccc4)cc3c3cc(-c4ccccc4)ccc32)c1. The van der Waals surface area contributed by atoms with Gasteiger partial charge in [0.15, 0.2) is 0 Å². The van der Waals surface area contributed by atoms with Gasteiger partial charge in [-0.2, -0.15) is 10.5 Å². The summed E-state index contributed by atoms with van der Waals surface area (Å²) in [6.07, 6.45) is 0. The average molecular weight is 839 g/mol. The first-order valence-electron chi connectivity index (χ1n) is 22.1. The lowest BCUT2D eigenvalue weighted by atomic mass is 9.96. The fraction of sp³-hybridized carbons (Fsp3) is 0. The molecule has 0 aliphatic heterocycles. The van der Waals surface area contributed by atoms with Crippen LogP contribution in [0.15, 0.2) is 231 Å². The third-order valence-electron chi connectivity index (χ3n) is 13.0. The van der Waals surface area contributed by atoms with Crippen molar-refractivity contribution >= 4 is 43.6 Å². The molecule has 0 amide bonds. The van der Waals surface area contributed by atoms with Gasteiger partial charge in [0.2, 0.25) is 0 Å². The summed E-state index contributed by atoms with van der Waals surface area (Å²) in [5.74, 6) is 0. The van der Waals surface area contributed by atoms with Crippen LogP contribution >= 0.6 is 0 Å². The van der Waals surface area contributed by atoms with Crippen molar-refractivity contribution in [3.63, 3.8) is 0 Å². The molecular formula is C62H38N4. The van der Waals surface area contributed by atoms with Crippen molar-refractivity contribution in [3.05, 3.63) is 242 Å². The number of benzene rings is 10. The van der Waals surface area contributed by atoms with E-state index in [0.29, 0.717) is 11.1 Å². The monoisotopic (exact) mass is 838 g/mol. The Kier molecular flexibility index (Phi) is 9.23. The highest BCUT2D eigenvalue weighted by atomic mass is 15.0. The van der Waals surface area contributed by atoms with Gasteiger partial charge >= 0.3 is 0 Å². The van der Waals surface area contributed by atoms with Crippen LogP contribution in [0.3, 0.4) is 0 Å². The molecule has 0 radical (unpaired) electrons. The lowest BCUT2D eigenvalue weighted by Crippen LogP contribution is -2.05. The number of nitriles is 2. The zero-order valence-corrected chi connectivity index (χ0v) is 35.7. The van der Waals surface area contributed by atoms with Gasteiger partial charge in [0.1, 0.15) is 11.6 Å². The third-order valence-corrected chi connectivity index (χ3v) is 13.0. The molecule has 4 heteroatoms. The van der Waals surface area contributed by atoms with E-state index in [-0.39, 0.29) is 0 Å². The van der Waals surface area contributed by atoms with Gasteiger partial charge in [0, 0.05) is 21.5 Å². The van der Waals surface area contributed by atoms with Crippen LogP contribution < -0.4 is 0 Å². The van der Waals surface area contributed by atoms with Gasteiger partial charge in [-0.05, 0) is 122 Å². The second-order valence-corrected chi connectivity index (χ2v) is 16.7. The van der Waals surface area contributed by atoms with Crippen LogP contribution in [0.1, 0.15) is 11.1 Å². The largest absolute Gasteiger partial charge is 0.308 e. The quantitative estimate of drug-likeness (QED) is 0.161. The zero-order chi connectivity index (χ0) is 44.1. The maximum Gasteiger partial charge on any atom is 0.104 e. The van der Waals surface area contributed by atoms with Crippen LogP contribution in [-0.4, -0.2) is 9.13 Å². The Morgan fingerprint density at radius 1 is 0.273 bits per heavy atom. The molecule has 0 fully saturated rings. The molecule has 2 heterocycles. The molecule has 10 aromatic carbocycles. The topological polar surface area (TPSA) is 57.4 Å². The van der Waals surface area contributed by atoms with Gasteiger partial charge < -0.3 is 9.13 Å². The van der Waals surface area contributed by atoms with Gasteiger partial charge in [-0.25, -0.2) is 0 Å². The summed E-state index contributed by atoms with van der Waals surface area (Å²) in [5.41, 5.74) is 17.1. The molecule has 12 aromatic rings. The number of rotatable bonds is 7. The molecule has 0 atom stereocenters. The molecule has 0 unspecified atom stereocenters. The van der Waals surface area contributed by atoms with Gasteiger partial charge in [0.25, 0.3) is 0 Å². The highest BCUT2D eigenvalue weighted by Gasteiger charge is 2.24. The molecule has 0 spiro atoms. The van der Waals surface area contributed by atoms with E-state index < -0.39 is 0 Å². The number of hydrogen-bond donors (Lipinski definition) is 0. The van der Waals surface area contributed by atoms with Crippen LogP contribution in [-0.2, 0) is 0 Å². The molecule has 0 aliphatic carbocycles. The van der Waals surface area contributed by atoms with Crippen molar-refractivity contribution in [1.82, 2.24) is 9.13 Å². The minimum atomic E-state index is 0.518. The number of aromatic nitrogens is 2. The molecule has 66 heavy (non-hydrogen) atoms. The Hall–Kier alpha value is -9.22. The first-order valence-corrected chi connectivity index (χ1v) is 22.1. The summed E-state index contributed by atoms with van der Waals surface area (Å²) < 4.78 is 4.51. The van der Waals surface area contributed by atoms with E-state index in [9.17, 15) is 10.5 Å². The fourth-order valence-corrected chi connectivity index (χ4v) is 9.87. The Balaban J connectivity index is 1.19. The standard InChI is InChI=1S/C62H38N4/c63-39-49-23-13-14-24-51(49)50-37-61(65-57-29-25-45(41-15-5-1-6-16-41)33-52(57)53-34-46(26-30-58(53)65)42-17-7-2-8-18-42)56(40-64)62(38-50)66-59-31-27-47(43-19-9-3-10-20-43)35-54(59)55-36-48(28-32-60(55)66)44-21-11-4-12-22-44/h1-38H. The lowest BCUT2D eigenvalue weighted by molar-refractivity contribution is 1.12. The maximum absolute atomic E-state index is 11.7. The van der Waals surface area contributed by atoms with Crippen molar-refractivity contribution in [3.8, 4) is 79.1 Å². The molecule has 4 nitrogen and oxygen atoms in total. The Morgan fingerprint density at radius 3 is 0.909 bits per heavy atom. The van der Waals surface area contributed by atoms with E-state index in [1.807, 2.05) is 48.5 Å². The summed E-state index contributed by atoms with van der Waals surface area (Å²) in [6.45, 7) is 0. The molecule has 0 bridgehead atoms. The molecule has 12 rings (SSSR count). The van der Waals surface area contributed by atoms with Crippen LogP contribution in [0, 0.1) is 22.7 Å². The first kappa shape index (κ1) is 38.5. The summed E-state index contributed by atoms with van der Waals surface area (Å²) >= 11 is 0. The molecule has 0 aliphatic rings. The average Bonchev–Trinajstić information content (AvgIpc) is 3.90. The van der Waals surface area contributed by atoms with Crippen molar-refractivity contribution < 1.29 is 0 Å². The highest BCUT2D eigenvalue weighted by Crippen LogP contribution is 2.43. The van der Waals surface area contributed by atoms with Crippen molar-refractivity contribution in [2.75, 3.05) is 0 Å². The van der Waals surface area contributed by atoms with Crippen LogP contribution in [0.4, 0.5) is 0 Å². The molecular weight excluding hydrogens is 801 g/mol. The van der Waals surface area contributed by atoms with Gasteiger partial charge in [-0.1, -0.05) is 164 Å². The molecule has 306 valence electrons. The smallest absolute Gasteiger partial charge is 0.104 e. The fourth-order valence-electron chi connectivity index (χ4n) is 9.87. The summed E-state index contributed by atoms with van der Waals surface area (Å²) in [5, 5.41) is 26.5. The zero-order valence-electron chi connectivity index (χ0n) is 35.7. The minimum absolute atomic E-state index is 0.518. The molecule has 0 N–H and O–H groups in total. The lowest BCUT2D eigenvalue weighted by Gasteiger charge is -2.19.